The summed E-state index contributed by atoms with van der Waals surface area (Å²) in [7, 11) is 1.83. The Labute approximate surface area is 161 Å². The van der Waals surface area contributed by atoms with Crippen LogP contribution in [0, 0.1) is 5.82 Å². The summed E-state index contributed by atoms with van der Waals surface area (Å²) in [4.78, 5) is 15.6. The number of nitrogens with one attached hydrogen (secondary N) is 3. The third kappa shape index (κ3) is 4.54. The number of rotatable bonds is 7. The number of hydrazine groups is 1. The zero-order valence-corrected chi connectivity index (χ0v) is 15.2. The SMILES string of the molecule is CNc1ccccc1NN(Cc1ccc(C(=O)NO)cc1)c1ccc(F)cn1. The minimum atomic E-state index is -0.579. The van der Waals surface area contributed by atoms with Crippen molar-refractivity contribution >= 4 is 23.1 Å². The van der Waals surface area contributed by atoms with Gasteiger partial charge in [0.15, 0.2) is 0 Å². The lowest BCUT2D eigenvalue weighted by atomic mass is 10.1. The van der Waals surface area contributed by atoms with Crippen molar-refractivity contribution in [2.45, 2.75) is 6.54 Å². The molecule has 0 bridgehead atoms. The van der Waals surface area contributed by atoms with Crippen molar-refractivity contribution in [1.29, 1.82) is 0 Å². The van der Waals surface area contributed by atoms with Gasteiger partial charge in [0, 0.05) is 12.6 Å². The van der Waals surface area contributed by atoms with Crippen LogP contribution in [-0.2, 0) is 6.54 Å². The summed E-state index contributed by atoms with van der Waals surface area (Å²) in [6.07, 6.45) is 1.16. The van der Waals surface area contributed by atoms with Gasteiger partial charge in [0.05, 0.1) is 24.1 Å². The number of hydroxylamine groups is 1. The van der Waals surface area contributed by atoms with E-state index in [1.54, 1.807) is 40.8 Å². The maximum absolute atomic E-state index is 13.3. The van der Waals surface area contributed by atoms with Crippen LogP contribution >= 0.6 is 0 Å². The second-order valence-corrected chi connectivity index (χ2v) is 5.97. The van der Waals surface area contributed by atoms with Gasteiger partial charge >= 0.3 is 0 Å². The summed E-state index contributed by atoms with van der Waals surface area (Å²) in [6.45, 7) is 0.401. The van der Waals surface area contributed by atoms with E-state index in [0.717, 1.165) is 23.1 Å². The molecule has 4 N–H and O–H groups in total. The maximum Gasteiger partial charge on any atom is 0.274 e. The van der Waals surface area contributed by atoms with E-state index in [4.69, 9.17) is 5.21 Å². The minimum Gasteiger partial charge on any atom is -0.386 e. The normalized spacial score (nSPS) is 10.2. The Morgan fingerprint density at radius 3 is 2.39 bits per heavy atom. The lowest BCUT2D eigenvalue weighted by molar-refractivity contribution is 0.0706. The molecule has 2 aromatic carbocycles. The lowest BCUT2D eigenvalue weighted by Gasteiger charge is -2.27. The molecule has 0 radical (unpaired) electrons. The fraction of sp³-hybridized carbons (Fsp3) is 0.100. The van der Waals surface area contributed by atoms with Gasteiger partial charge < -0.3 is 5.32 Å². The molecule has 0 unspecified atom stereocenters. The molecule has 0 spiro atoms. The van der Waals surface area contributed by atoms with Gasteiger partial charge in [0.1, 0.15) is 11.6 Å². The molecule has 0 aliphatic rings. The first-order valence-electron chi connectivity index (χ1n) is 8.56. The van der Waals surface area contributed by atoms with E-state index in [9.17, 15) is 9.18 Å². The van der Waals surface area contributed by atoms with E-state index in [1.165, 1.54) is 6.07 Å². The topological polar surface area (TPSA) is 89.5 Å². The standard InChI is InChI=1S/C20H20FN5O2/c1-22-17-4-2-3-5-18(17)24-26(19-11-10-16(21)12-23-19)13-14-6-8-15(9-7-14)20(27)25-28/h2-12,22,24,28H,13H2,1H3,(H,25,27). The molecule has 0 aliphatic heterocycles. The summed E-state index contributed by atoms with van der Waals surface area (Å²) in [5.74, 6) is -0.465. The first-order chi connectivity index (χ1) is 13.6. The molecule has 1 aromatic heterocycles. The van der Waals surface area contributed by atoms with Gasteiger partial charge in [-0.15, -0.1) is 0 Å². The van der Waals surface area contributed by atoms with E-state index in [0.29, 0.717) is 17.9 Å². The molecule has 0 aliphatic carbocycles. The molecule has 1 heterocycles. The summed E-state index contributed by atoms with van der Waals surface area (Å²) in [5.41, 5.74) is 7.84. The van der Waals surface area contributed by atoms with Crippen LogP contribution in [0.15, 0.2) is 66.9 Å². The molecule has 28 heavy (non-hydrogen) atoms. The Bertz CT molecular complexity index is 932. The fourth-order valence-corrected chi connectivity index (χ4v) is 2.66. The number of hydrogen-bond acceptors (Lipinski definition) is 6. The van der Waals surface area contributed by atoms with Crippen LogP contribution in [0.4, 0.5) is 21.6 Å². The Balaban J connectivity index is 1.88. The second-order valence-electron chi connectivity index (χ2n) is 5.97. The molecular weight excluding hydrogens is 361 g/mol. The molecule has 0 saturated heterocycles. The summed E-state index contributed by atoms with van der Waals surface area (Å²) < 4.78 is 13.3. The number of anilines is 3. The fourth-order valence-electron chi connectivity index (χ4n) is 2.66. The van der Waals surface area contributed by atoms with E-state index in [2.05, 4.69) is 15.7 Å². The quantitative estimate of drug-likeness (QED) is 0.370. The minimum absolute atomic E-state index is 0.339. The maximum atomic E-state index is 13.3. The van der Waals surface area contributed by atoms with Gasteiger partial charge in [-0.2, -0.15) is 0 Å². The van der Waals surface area contributed by atoms with Crippen molar-refractivity contribution < 1.29 is 14.4 Å². The average molecular weight is 381 g/mol. The first kappa shape index (κ1) is 19.1. The van der Waals surface area contributed by atoms with E-state index in [-0.39, 0.29) is 0 Å². The van der Waals surface area contributed by atoms with Crippen LogP contribution in [0.2, 0.25) is 0 Å². The van der Waals surface area contributed by atoms with Crippen molar-refractivity contribution in [3.05, 3.63) is 83.8 Å². The highest BCUT2D eigenvalue weighted by molar-refractivity contribution is 5.93. The van der Waals surface area contributed by atoms with Crippen molar-refractivity contribution in [3.8, 4) is 0 Å². The van der Waals surface area contributed by atoms with Gasteiger partial charge in [-0.1, -0.05) is 24.3 Å². The largest absolute Gasteiger partial charge is 0.386 e. The second kappa shape index (κ2) is 8.83. The number of nitrogens with zero attached hydrogens (tertiary/aromatic N) is 2. The van der Waals surface area contributed by atoms with Gasteiger partial charge in [0.25, 0.3) is 5.91 Å². The molecule has 0 fully saturated rings. The van der Waals surface area contributed by atoms with Crippen molar-refractivity contribution in [1.82, 2.24) is 10.5 Å². The predicted octanol–water partition coefficient (Wildman–Crippen LogP) is 3.42. The van der Waals surface area contributed by atoms with Crippen LogP contribution in [0.1, 0.15) is 15.9 Å². The van der Waals surface area contributed by atoms with Gasteiger partial charge in [-0.25, -0.2) is 14.9 Å². The van der Waals surface area contributed by atoms with Gasteiger partial charge in [-0.05, 0) is 42.0 Å². The van der Waals surface area contributed by atoms with Gasteiger partial charge in [0.2, 0.25) is 0 Å². The highest BCUT2D eigenvalue weighted by Gasteiger charge is 2.12. The van der Waals surface area contributed by atoms with Crippen LogP contribution in [0.3, 0.4) is 0 Å². The average Bonchev–Trinajstić information content (AvgIpc) is 2.74. The summed E-state index contributed by atoms with van der Waals surface area (Å²) in [5, 5.41) is 13.6. The number of amides is 1. The Morgan fingerprint density at radius 1 is 1.07 bits per heavy atom. The van der Waals surface area contributed by atoms with Crippen molar-refractivity contribution in [3.63, 3.8) is 0 Å². The smallest absolute Gasteiger partial charge is 0.274 e. The van der Waals surface area contributed by atoms with Crippen LogP contribution in [0.25, 0.3) is 0 Å². The predicted molar refractivity (Wildman–Crippen MR) is 106 cm³/mol. The molecule has 3 aromatic rings. The monoisotopic (exact) mass is 381 g/mol. The number of halogens is 1. The highest BCUT2D eigenvalue weighted by Crippen LogP contribution is 2.24. The van der Waals surface area contributed by atoms with Crippen molar-refractivity contribution in [2.24, 2.45) is 0 Å². The zero-order chi connectivity index (χ0) is 19.9. The Kier molecular flexibility index (Phi) is 6.03. The Hall–Kier alpha value is -3.65. The Morgan fingerprint density at radius 2 is 1.79 bits per heavy atom. The number of pyridine rings is 1. The summed E-state index contributed by atoms with van der Waals surface area (Å²) >= 11 is 0. The first-order valence-corrected chi connectivity index (χ1v) is 8.56. The van der Waals surface area contributed by atoms with Crippen LogP contribution in [0.5, 0.6) is 0 Å². The number of para-hydroxylation sites is 2. The number of benzene rings is 2. The molecular formula is C20H20FN5O2. The number of hydrogen-bond donors (Lipinski definition) is 4. The van der Waals surface area contributed by atoms with Crippen LogP contribution in [-0.4, -0.2) is 23.1 Å². The lowest BCUT2D eigenvalue weighted by Crippen LogP contribution is -2.30. The molecule has 0 saturated carbocycles. The third-order valence-electron chi connectivity index (χ3n) is 4.10. The number of carbonyl (C=O) groups excluding carboxylic acids is 1. The molecule has 8 heteroatoms. The highest BCUT2D eigenvalue weighted by atomic mass is 19.1. The van der Waals surface area contributed by atoms with Gasteiger partial charge in [-0.3, -0.25) is 20.4 Å². The molecule has 7 nitrogen and oxygen atoms in total. The molecule has 3 rings (SSSR count). The number of aromatic nitrogens is 1. The van der Waals surface area contributed by atoms with E-state index >= 15 is 0 Å². The molecule has 0 atom stereocenters. The third-order valence-corrected chi connectivity index (χ3v) is 4.10. The van der Waals surface area contributed by atoms with E-state index in [1.807, 2.05) is 31.3 Å². The van der Waals surface area contributed by atoms with E-state index < -0.39 is 11.7 Å². The van der Waals surface area contributed by atoms with Crippen LogP contribution < -0.4 is 21.2 Å². The van der Waals surface area contributed by atoms with Crippen molar-refractivity contribution in [2.75, 3.05) is 22.8 Å². The molecule has 144 valence electrons. The number of carbonyl (C=O) groups is 1. The summed E-state index contributed by atoms with van der Waals surface area (Å²) in [6, 6.07) is 17.4. The zero-order valence-electron chi connectivity index (χ0n) is 15.2. The molecule has 1 amide bonds.